The van der Waals surface area contributed by atoms with Gasteiger partial charge in [-0.1, -0.05) is 52.4 Å². The second kappa shape index (κ2) is 11.7. The lowest BCUT2D eigenvalue weighted by Gasteiger charge is -2.24. The van der Waals surface area contributed by atoms with Gasteiger partial charge in [0.1, 0.15) is 0 Å². The number of rotatable bonds is 13. The second-order valence-electron chi connectivity index (χ2n) is 4.95. The SMILES string of the molecule is CCCCCCOC(C)(C=O)OCCCCCC. The zero-order valence-corrected chi connectivity index (χ0v) is 12.4. The number of ether oxygens (including phenoxy) is 2. The molecule has 3 heteroatoms. The van der Waals surface area contributed by atoms with E-state index in [0.717, 1.165) is 32.0 Å². The van der Waals surface area contributed by atoms with Crippen molar-refractivity contribution in [1.29, 1.82) is 0 Å². The van der Waals surface area contributed by atoms with Crippen molar-refractivity contribution in [1.82, 2.24) is 0 Å². The zero-order chi connectivity index (χ0) is 13.7. The van der Waals surface area contributed by atoms with Gasteiger partial charge in [0, 0.05) is 0 Å². The van der Waals surface area contributed by atoms with Crippen LogP contribution >= 0.6 is 0 Å². The third kappa shape index (κ3) is 9.60. The van der Waals surface area contributed by atoms with Crippen molar-refractivity contribution in [2.45, 2.75) is 77.9 Å². The summed E-state index contributed by atoms with van der Waals surface area (Å²) in [6.45, 7) is 7.26. The molecule has 0 saturated carbocycles. The highest BCUT2D eigenvalue weighted by molar-refractivity contribution is 5.59. The number of hydrogen-bond acceptors (Lipinski definition) is 3. The van der Waals surface area contributed by atoms with Crippen LogP contribution in [0.3, 0.4) is 0 Å². The minimum absolute atomic E-state index is 0.601. The van der Waals surface area contributed by atoms with Gasteiger partial charge in [0.05, 0.1) is 13.2 Å². The van der Waals surface area contributed by atoms with Crippen LogP contribution in [0.5, 0.6) is 0 Å². The molecule has 0 aromatic carbocycles. The molecule has 0 spiro atoms. The van der Waals surface area contributed by atoms with Crippen molar-refractivity contribution in [3.63, 3.8) is 0 Å². The molecular weight excluding hydrogens is 228 g/mol. The molecule has 0 aliphatic heterocycles. The average molecular weight is 258 g/mol. The number of aldehydes is 1. The maximum Gasteiger partial charge on any atom is 0.222 e. The summed E-state index contributed by atoms with van der Waals surface area (Å²) in [5, 5.41) is 0. The molecule has 0 heterocycles. The van der Waals surface area contributed by atoms with Gasteiger partial charge in [0.2, 0.25) is 5.79 Å². The monoisotopic (exact) mass is 258 g/mol. The predicted octanol–water partition coefficient (Wildman–Crippen LogP) is 4.10. The Labute approximate surface area is 112 Å². The Morgan fingerprint density at radius 3 is 1.61 bits per heavy atom. The Balaban J connectivity index is 3.64. The molecule has 0 aromatic rings. The molecule has 108 valence electrons. The van der Waals surface area contributed by atoms with E-state index in [9.17, 15) is 4.79 Å². The Hall–Kier alpha value is -0.410. The maximum atomic E-state index is 11.0. The van der Waals surface area contributed by atoms with Gasteiger partial charge in [0.25, 0.3) is 0 Å². The molecule has 0 rings (SSSR count). The van der Waals surface area contributed by atoms with E-state index < -0.39 is 5.79 Å². The molecule has 0 fully saturated rings. The van der Waals surface area contributed by atoms with Crippen molar-refractivity contribution >= 4 is 6.29 Å². The van der Waals surface area contributed by atoms with E-state index in [-0.39, 0.29) is 0 Å². The van der Waals surface area contributed by atoms with Crippen molar-refractivity contribution < 1.29 is 14.3 Å². The highest BCUT2D eigenvalue weighted by atomic mass is 16.7. The van der Waals surface area contributed by atoms with E-state index in [1.807, 2.05) is 0 Å². The summed E-state index contributed by atoms with van der Waals surface area (Å²) in [7, 11) is 0. The molecule has 0 unspecified atom stereocenters. The quantitative estimate of drug-likeness (QED) is 0.283. The predicted molar refractivity (Wildman–Crippen MR) is 74.7 cm³/mol. The van der Waals surface area contributed by atoms with Crippen molar-refractivity contribution in [3.05, 3.63) is 0 Å². The highest BCUT2D eigenvalue weighted by Gasteiger charge is 2.24. The standard InChI is InChI=1S/C15H30O3/c1-4-6-8-10-12-17-15(3,14-16)18-13-11-9-7-5-2/h14H,4-13H2,1-3H3. The van der Waals surface area contributed by atoms with E-state index in [4.69, 9.17) is 9.47 Å². The third-order valence-electron chi connectivity index (χ3n) is 2.99. The van der Waals surface area contributed by atoms with Crippen LogP contribution in [0.15, 0.2) is 0 Å². The third-order valence-corrected chi connectivity index (χ3v) is 2.99. The molecule has 18 heavy (non-hydrogen) atoms. The number of unbranched alkanes of at least 4 members (excludes halogenated alkanes) is 6. The van der Waals surface area contributed by atoms with Gasteiger partial charge in [-0.05, 0) is 19.8 Å². The van der Waals surface area contributed by atoms with Crippen LogP contribution in [0.1, 0.15) is 72.1 Å². The molecule has 0 N–H and O–H groups in total. The molecule has 0 atom stereocenters. The van der Waals surface area contributed by atoms with Crippen molar-refractivity contribution in [3.8, 4) is 0 Å². The van der Waals surface area contributed by atoms with Crippen LogP contribution in [0, 0.1) is 0 Å². The fraction of sp³-hybridized carbons (Fsp3) is 0.933. The molecule has 0 bridgehead atoms. The summed E-state index contributed by atoms with van der Waals surface area (Å²) < 4.78 is 11.1. The summed E-state index contributed by atoms with van der Waals surface area (Å²) in [5.41, 5.74) is 0. The Kier molecular flexibility index (Phi) is 11.4. The minimum atomic E-state index is -1.04. The number of carbonyl (C=O) groups excluding carboxylic acids is 1. The fourth-order valence-corrected chi connectivity index (χ4v) is 1.72. The lowest BCUT2D eigenvalue weighted by molar-refractivity contribution is -0.210. The highest BCUT2D eigenvalue weighted by Crippen LogP contribution is 2.12. The van der Waals surface area contributed by atoms with E-state index in [1.165, 1.54) is 25.7 Å². The van der Waals surface area contributed by atoms with Crippen LogP contribution in [-0.2, 0) is 14.3 Å². The Morgan fingerprint density at radius 1 is 0.833 bits per heavy atom. The first-order valence-electron chi connectivity index (χ1n) is 7.42. The minimum Gasteiger partial charge on any atom is -0.344 e. The molecular formula is C15H30O3. The first kappa shape index (κ1) is 17.6. The van der Waals surface area contributed by atoms with Crippen molar-refractivity contribution in [2.24, 2.45) is 0 Å². The van der Waals surface area contributed by atoms with E-state index in [0.29, 0.717) is 13.2 Å². The number of carbonyl (C=O) groups is 1. The summed E-state index contributed by atoms with van der Waals surface area (Å²) in [6, 6.07) is 0. The molecule has 0 aliphatic rings. The average Bonchev–Trinajstić information content (AvgIpc) is 2.38. The molecule has 3 nitrogen and oxygen atoms in total. The lowest BCUT2D eigenvalue weighted by atomic mass is 10.2. The van der Waals surface area contributed by atoms with Crippen molar-refractivity contribution in [2.75, 3.05) is 13.2 Å². The summed E-state index contributed by atoms with van der Waals surface area (Å²) in [5.74, 6) is -1.04. The van der Waals surface area contributed by atoms with Gasteiger partial charge in [-0.25, -0.2) is 0 Å². The van der Waals surface area contributed by atoms with Gasteiger partial charge in [-0.2, -0.15) is 0 Å². The topological polar surface area (TPSA) is 35.5 Å². The molecule has 0 amide bonds. The van der Waals surface area contributed by atoms with Crippen LogP contribution in [0.2, 0.25) is 0 Å². The number of hydrogen-bond donors (Lipinski definition) is 0. The van der Waals surface area contributed by atoms with Gasteiger partial charge >= 0.3 is 0 Å². The lowest BCUT2D eigenvalue weighted by Crippen LogP contribution is -2.35. The molecule has 0 radical (unpaired) electrons. The van der Waals surface area contributed by atoms with E-state index >= 15 is 0 Å². The summed E-state index contributed by atoms with van der Waals surface area (Å²) in [4.78, 5) is 11.0. The fourth-order valence-electron chi connectivity index (χ4n) is 1.72. The van der Waals surface area contributed by atoms with Crippen LogP contribution in [0.4, 0.5) is 0 Å². The maximum absolute atomic E-state index is 11.0. The molecule has 0 saturated heterocycles. The second-order valence-corrected chi connectivity index (χ2v) is 4.95. The largest absolute Gasteiger partial charge is 0.344 e. The van der Waals surface area contributed by atoms with Crippen LogP contribution < -0.4 is 0 Å². The van der Waals surface area contributed by atoms with Gasteiger partial charge < -0.3 is 9.47 Å². The molecule has 0 aliphatic carbocycles. The van der Waals surface area contributed by atoms with Gasteiger partial charge in [-0.15, -0.1) is 0 Å². The normalized spacial score (nSPS) is 11.7. The Bertz CT molecular complexity index is 178. The van der Waals surface area contributed by atoms with Gasteiger partial charge in [-0.3, -0.25) is 4.79 Å². The Morgan fingerprint density at radius 2 is 1.28 bits per heavy atom. The first-order chi connectivity index (χ1) is 8.68. The van der Waals surface area contributed by atoms with Crippen LogP contribution in [-0.4, -0.2) is 25.3 Å². The van der Waals surface area contributed by atoms with E-state index in [2.05, 4.69) is 13.8 Å². The van der Waals surface area contributed by atoms with Crippen LogP contribution in [0.25, 0.3) is 0 Å². The smallest absolute Gasteiger partial charge is 0.222 e. The summed E-state index contributed by atoms with van der Waals surface area (Å²) in [6.07, 6.45) is 9.93. The molecule has 0 aromatic heterocycles. The summed E-state index contributed by atoms with van der Waals surface area (Å²) >= 11 is 0. The first-order valence-corrected chi connectivity index (χ1v) is 7.42. The zero-order valence-electron chi connectivity index (χ0n) is 12.4. The van der Waals surface area contributed by atoms with Gasteiger partial charge in [0.15, 0.2) is 6.29 Å². The van der Waals surface area contributed by atoms with E-state index in [1.54, 1.807) is 6.92 Å².